The second kappa shape index (κ2) is 18.9. The summed E-state index contributed by atoms with van der Waals surface area (Å²) in [5, 5.41) is 0. The molecule has 0 bridgehead atoms. The number of hydrogen-bond donors (Lipinski definition) is 3. The van der Waals surface area contributed by atoms with Gasteiger partial charge in [0.15, 0.2) is 0 Å². The molecule has 4 N–H and O–H groups in total. The van der Waals surface area contributed by atoms with Crippen molar-refractivity contribution in [3.05, 3.63) is 6.92 Å². The Balaban J connectivity index is -0.000000465. The summed E-state index contributed by atoms with van der Waals surface area (Å²) < 4.78 is 31.6. The van der Waals surface area contributed by atoms with E-state index in [2.05, 4.69) is 13.8 Å². The van der Waals surface area contributed by atoms with Crippen LogP contribution in [0.4, 0.5) is 0 Å². The molecule has 0 saturated carbocycles. The Morgan fingerprint density at radius 1 is 0.905 bits per heavy atom. The van der Waals surface area contributed by atoms with Crippen LogP contribution < -0.4 is 35.3 Å². The van der Waals surface area contributed by atoms with E-state index in [1.54, 1.807) is 0 Å². The second-order valence-corrected chi connectivity index (χ2v) is 6.07. The van der Waals surface area contributed by atoms with Crippen LogP contribution in [0.25, 0.3) is 0 Å². The fraction of sp³-hybridized carbons (Fsp3) is 0.929. The van der Waals surface area contributed by atoms with Gasteiger partial charge in [0.2, 0.25) is 0 Å². The Bertz CT molecular complexity index is 277. The average molecular weight is 333 g/mol. The van der Waals surface area contributed by atoms with Crippen molar-refractivity contribution in [2.24, 2.45) is 5.73 Å². The van der Waals surface area contributed by atoms with E-state index in [9.17, 15) is 0 Å². The van der Waals surface area contributed by atoms with Crippen LogP contribution in [0.15, 0.2) is 0 Å². The molecule has 0 amide bonds. The van der Waals surface area contributed by atoms with Crippen LogP contribution in [0.2, 0.25) is 0 Å². The van der Waals surface area contributed by atoms with Crippen molar-refractivity contribution in [1.82, 2.24) is 0 Å². The first-order valence-electron chi connectivity index (χ1n) is 7.56. The summed E-state index contributed by atoms with van der Waals surface area (Å²) in [6, 6.07) is 0.152. The topological polar surface area (TPSA) is 101 Å². The maximum absolute atomic E-state index is 8.74. The zero-order chi connectivity index (χ0) is 15.9. The quantitative estimate of drug-likeness (QED) is 0.225. The van der Waals surface area contributed by atoms with Crippen molar-refractivity contribution in [2.75, 3.05) is 0 Å². The first kappa shape index (κ1) is 26.7. The Morgan fingerprint density at radius 3 is 1.48 bits per heavy atom. The number of unbranched alkanes of at least 4 members (excludes halogenated alkanes) is 9. The third-order valence-electron chi connectivity index (χ3n) is 2.93. The SMILES string of the molecule is O=S(=O)(O)O.[CH2-]C(N)CCCCCCCCCCCC.[Na+]. The number of nitrogens with two attached hydrogens (primary N) is 1. The standard InChI is InChI=1S/C14H30N.Na.H2O4S/c1-3-4-5-6-7-8-9-10-11-12-13-14(2)15;;1-5(2,3)4/h14H,2-13,15H2,1H3;;(H2,1,2,3,4)/q-1;+1;. The molecule has 0 aromatic heterocycles. The van der Waals surface area contributed by atoms with Crippen LogP contribution in [0.3, 0.4) is 0 Å². The molecule has 5 nitrogen and oxygen atoms in total. The molecule has 0 fully saturated rings. The summed E-state index contributed by atoms with van der Waals surface area (Å²) in [4.78, 5) is 0. The summed E-state index contributed by atoms with van der Waals surface area (Å²) >= 11 is 0. The van der Waals surface area contributed by atoms with Crippen molar-refractivity contribution >= 4 is 10.4 Å². The third kappa shape index (κ3) is 44.9. The molecule has 0 saturated heterocycles. The monoisotopic (exact) mass is 333 g/mol. The minimum atomic E-state index is -4.67. The predicted octanol–water partition coefficient (Wildman–Crippen LogP) is 0.810. The molecule has 0 aliphatic heterocycles. The first-order chi connectivity index (χ1) is 9.27. The molecule has 0 aliphatic carbocycles. The summed E-state index contributed by atoms with van der Waals surface area (Å²) in [6.45, 7) is 6.06. The van der Waals surface area contributed by atoms with E-state index in [0.717, 1.165) is 6.42 Å². The maximum Gasteiger partial charge on any atom is 1.00 e. The maximum atomic E-state index is 8.74. The molecule has 0 aromatic carbocycles. The van der Waals surface area contributed by atoms with E-state index < -0.39 is 10.4 Å². The molecule has 0 heterocycles. The molecule has 21 heavy (non-hydrogen) atoms. The van der Waals surface area contributed by atoms with Crippen LogP contribution in [-0.4, -0.2) is 23.6 Å². The van der Waals surface area contributed by atoms with Gasteiger partial charge in [-0.1, -0.05) is 77.6 Å². The van der Waals surface area contributed by atoms with Gasteiger partial charge in [-0.15, -0.1) is 6.04 Å². The van der Waals surface area contributed by atoms with E-state index in [1.807, 2.05) is 0 Å². The fourth-order valence-electron chi connectivity index (χ4n) is 1.89. The van der Waals surface area contributed by atoms with Gasteiger partial charge in [-0.25, -0.2) is 0 Å². The smallest absolute Gasteiger partial charge is 0.357 e. The molecular formula is C14H32NNaO4S. The minimum absolute atomic E-state index is 0. The van der Waals surface area contributed by atoms with E-state index in [1.165, 1.54) is 64.2 Å². The van der Waals surface area contributed by atoms with Crippen LogP contribution in [0.5, 0.6) is 0 Å². The zero-order valence-electron chi connectivity index (χ0n) is 13.8. The van der Waals surface area contributed by atoms with Gasteiger partial charge in [-0.05, 0) is 0 Å². The van der Waals surface area contributed by atoms with Crippen LogP contribution in [0, 0.1) is 6.92 Å². The van der Waals surface area contributed by atoms with Crippen LogP contribution >= 0.6 is 0 Å². The summed E-state index contributed by atoms with van der Waals surface area (Å²) in [7, 11) is -4.67. The van der Waals surface area contributed by atoms with Gasteiger partial charge in [0.1, 0.15) is 0 Å². The average Bonchev–Trinajstić information content (AvgIpc) is 2.29. The van der Waals surface area contributed by atoms with Crippen molar-refractivity contribution in [3.63, 3.8) is 0 Å². The normalized spacial score (nSPS) is 12.0. The Morgan fingerprint density at radius 2 is 1.19 bits per heavy atom. The second-order valence-electron chi connectivity index (χ2n) is 5.18. The third-order valence-corrected chi connectivity index (χ3v) is 2.93. The largest absolute Gasteiger partial charge is 1.00 e. The van der Waals surface area contributed by atoms with Gasteiger partial charge >= 0.3 is 40.0 Å². The van der Waals surface area contributed by atoms with Crippen LogP contribution in [-0.2, 0) is 10.4 Å². The molecule has 124 valence electrons. The molecule has 0 aliphatic rings. The Hall–Kier alpha value is 0.830. The zero-order valence-corrected chi connectivity index (χ0v) is 16.6. The van der Waals surface area contributed by atoms with E-state index in [4.69, 9.17) is 23.3 Å². The van der Waals surface area contributed by atoms with Gasteiger partial charge in [-0.2, -0.15) is 8.42 Å². The molecule has 0 rings (SSSR count). The number of hydrogen-bond acceptors (Lipinski definition) is 3. The van der Waals surface area contributed by atoms with Gasteiger partial charge in [-0.3, -0.25) is 9.11 Å². The van der Waals surface area contributed by atoms with E-state index in [-0.39, 0.29) is 35.6 Å². The minimum Gasteiger partial charge on any atom is -0.357 e. The van der Waals surface area contributed by atoms with E-state index >= 15 is 0 Å². The number of rotatable bonds is 11. The molecule has 0 aromatic rings. The molecule has 0 spiro atoms. The predicted molar refractivity (Wildman–Crippen MR) is 84.0 cm³/mol. The molecule has 0 radical (unpaired) electrons. The fourth-order valence-corrected chi connectivity index (χ4v) is 1.89. The van der Waals surface area contributed by atoms with Crippen molar-refractivity contribution in [1.29, 1.82) is 0 Å². The first-order valence-corrected chi connectivity index (χ1v) is 8.95. The van der Waals surface area contributed by atoms with Gasteiger partial charge in [0, 0.05) is 0 Å². The molecule has 1 atom stereocenters. The molecular weight excluding hydrogens is 301 g/mol. The van der Waals surface area contributed by atoms with Gasteiger partial charge in [0.05, 0.1) is 0 Å². The van der Waals surface area contributed by atoms with Crippen molar-refractivity contribution in [2.45, 2.75) is 83.6 Å². The summed E-state index contributed by atoms with van der Waals surface area (Å²) in [6.07, 6.45) is 15.0. The van der Waals surface area contributed by atoms with Gasteiger partial charge < -0.3 is 12.7 Å². The van der Waals surface area contributed by atoms with Gasteiger partial charge in [0.25, 0.3) is 0 Å². The summed E-state index contributed by atoms with van der Waals surface area (Å²) in [5.41, 5.74) is 5.59. The van der Waals surface area contributed by atoms with Crippen LogP contribution in [0.1, 0.15) is 77.6 Å². The molecule has 7 heteroatoms. The summed E-state index contributed by atoms with van der Waals surface area (Å²) in [5.74, 6) is 0. The Kier molecular flexibility index (Phi) is 24.0. The molecule has 1 unspecified atom stereocenters. The van der Waals surface area contributed by atoms with Crippen molar-refractivity contribution in [3.8, 4) is 0 Å². The van der Waals surface area contributed by atoms with E-state index in [0.29, 0.717) is 0 Å². The van der Waals surface area contributed by atoms with Crippen molar-refractivity contribution < 1.29 is 47.1 Å². The Labute approximate surface area is 153 Å².